The van der Waals surface area contributed by atoms with Crippen LogP contribution in [0.2, 0.25) is 10.0 Å². The van der Waals surface area contributed by atoms with Gasteiger partial charge in [-0.15, -0.1) is 0 Å². The first-order chi connectivity index (χ1) is 11.4. The molecule has 1 amide bonds. The minimum Gasteiger partial charge on any atom is -0.365 e. The number of hydrazone groups is 1. The van der Waals surface area contributed by atoms with Crippen molar-refractivity contribution < 1.29 is 9.90 Å². The summed E-state index contributed by atoms with van der Waals surface area (Å²) in [4.78, 5) is 12.9. The fraction of sp³-hybridized carbons (Fsp3) is 0.222. The maximum Gasteiger partial charge on any atom is 0.276 e. The van der Waals surface area contributed by atoms with Gasteiger partial charge in [-0.05, 0) is 42.8 Å². The molecule has 0 unspecified atom stereocenters. The van der Waals surface area contributed by atoms with Crippen molar-refractivity contribution in [3.63, 3.8) is 0 Å². The van der Waals surface area contributed by atoms with Crippen LogP contribution in [0.25, 0.3) is 0 Å². The summed E-state index contributed by atoms with van der Waals surface area (Å²) < 4.78 is 0. The molecule has 1 N–H and O–H groups in total. The van der Waals surface area contributed by atoms with Crippen LogP contribution in [0.1, 0.15) is 35.7 Å². The Kier molecular flexibility index (Phi) is 4.63. The van der Waals surface area contributed by atoms with E-state index in [1.54, 1.807) is 48.5 Å². The highest BCUT2D eigenvalue weighted by Gasteiger charge is 2.45. The number of hydrogen-bond donors (Lipinski definition) is 1. The second-order valence-corrected chi connectivity index (χ2v) is 6.52. The highest BCUT2D eigenvalue weighted by atomic mass is 35.5. The van der Waals surface area contributed by atoms with E-state index in [0.717, 1.165) is 10.7 Å². The summed E-state index contributed by atoms with van der Waals surface area (Å²) >= 11 is 11.8. The van der Waals surface area contributed by atoms with Gasteiger partial charge in [0, 0.05) is 33.3 Å². The maximum atomic E-state index is 12.9. The van der Waals surface area contributed by atoms with Crippen molar-refractivity contribution in [1.82, 2.24) is 5.01 Å². The Hall–Kier alpha value is -1.88. The zero-order valence-corrected chi connectivity index (χ0v) is 14.6. The van der Waals surface area contributed by atoms with Crippen molar-refractivity contribution in [2.45, 2.75) is 25.5 Å². The Balaban J connectivity index is 2.01. The van der Waals surface area contributed by atoms with Gasteiger partial charge in [0.15, 0.2) is 5.72 Å². The number of rotatable bonds is 3. The molecule has 0 spiro atoms. The van der Waals surface area contributed by atoms with Crippen molar-refractivity contribution in [3.8, 4) is 0 Å². The van der Waals surface area contributed by atoms with Crippen molar-refractivity contribution in [2.75, 3.05) is 0 Å². The summed E-state index contributed by atoms with van der Waals surface area (Å²) in [5.74, 6) is -0.382. The molecule has 2 aromatic rings. The monoisotopic (exact) mass is 362 g/mol. The average molecular weight is 363 g/mol. The first kappa shape index (κ1) is 17.0. The summed E-state index contributed by atoms with van der Waals surface area (Å²) in [7, 11) is 0. The van der Waals surface area contributed by atoms with E-state index in [1.807, 2.05) is 6.92 Å². The normalized spacial score (nSPS) is 20.2. The van der Waals surface area contributed by atoms with Crippen LogP contribution >= 0.6 is 23.2 Å². The number of amides is 1. The second kappa shape index (κ2) is 6.55. The SMILES string of the molecule is CCC1=NN(C(=O)c2ccc(Cl)cc2)[C@@](O)(c2ccc(Cl)cc2)C1. The van der Waals surface area contributed by atoms with Gasteiger partial charge in [-0.1, -0.05) is 42.3 Å². The van der Waals surface area contributed by atoms with Crippen molar-refractivity contribution in [1.29, 1.82) is 0 Å². The van der Waals surface area contributed by atoms with E-state index in [0.29, 0.717) is 27.6 Å². The van der Waals surface area contributed by atoms with Gasteiger partial charge >= 0.3 is 0 Å². The largest absolute Gasteiger partial charge is 0.365 e. The van der Waals surface area contributed by atoms with E-state index in [1.165, 1.54) is 0 Å². The zero-order valence-electron chi connectivity index (χ0n) is 13.0. The van der Waals surface area contributed by atoms with Gasteiger partial charge in [-0.25, -0.2) is 0 Å². The lowest BCUT2D eigenvalue weighted by molar-refractivity contribution is -0.0765. The molecule has 6 heteroatoms. The van der Waals surface area contributed by atoms with Crippen molar-refractivity contribution in [3.05, 3.63) is 69.7 Å². The molecule has 3 rings (SSSR count). The molecule has 0 aromatic heterocycles. The Bertz CT molecular complexity index is 788. The molecule has 0 radical (unpaired) electrons. The van der Waals surface area contributed by atoms with E-state index in [-0.39, 0.29) is 12.3 Å². The third kappa shape index (κ3) is 3.05. The smallest absolute Gasteiger partial charge is 0.276 e. The molecule has 0 fully saturated rings. The second-order valence-electron chi connectivity index (χ2n) is 5.64. The van der Waals surface area contributed by atoms with E-state index >= 15 is 0 Å². The van der Waals surface area contributed by atoms with Crippen LogP contribution in [-0.4, -0.2) is 21.7 Å². The lowest BCUT2D eigenvalue weighted by Gasteiger charge is -2.31. The van der Waals surface area contributed by atoms with Crippen LogP contribution < -0.4 is 0 Å². The van der Waals surface area contributed by atoms with Crippen molar-refractivity contribution >= 4 is 34.8 Å². The zero-order chi connectivity index (χ0) is 17.3. The minimum absolute atomic E-state index is 0.268. The minimum atomic E-state index is -1.52. The molecule has 1 atom stereocenters. The first-order valence-corrected chi connectivity index (χ1v) is 8.34. The molecule has 124 valence electrons. The van der Waals surface area contributed by atoms with Gasteiger partial charge in [0.2, 0.25) is 0 Å². The number of halogens is 2. The van der Waals surface area contributed by atoms with Crippen LogP contribution in [0.3, 0.4) is 0 Å². The third-order valence-electron chi connectivity index (χ3n) is 4.04. The van der Waals surface area contributed by atoms with E-state index < -0.39 is 5.72 Å². The predicted octanol–water partition coefficient (Wildman–Crippen LogP) is 4.45. The predicted molar refractivity (Wildman–Crippen MR) is 95.3 cm³/mol. The molecule has 4 nitrogen and oxygen atoms in total. The van der Waals surface area contributed by atoms with Gasteiger partial charge < -0.3 is 5.11 Å². The first-order valence-electron chi connectivity index (χ1n) is 7.59. The van der Waals surface area contributed by atoms with Gasteiger partial charge in [0.1, 0.15) is 0 Å². The number of hydrogen-bond acceptors (Lipinski definition) is 3. The molecule has 24 heavy (non-hydrogen) atoms. The lowest BCUT2D eigenvalue weighted by Crippen LogP contribution is -2.43. The van der Waals surface area contributed by atoms with Crippen molar-refractivity contribution in [2.24, 2.45) is 5.10 Å². The molecule has 0 bridgehead atoms. The van der Waals surface area contributed by atoms with Gasteiger partial charge in [0.25, 0.3) is 5.91 Å². The van der Waals surface area contributed by atoms with Crippen LogP contribution in [0, 0.1) is 0 Å². The summed E-state index contributed by atoms with van der Waals surface area (Å²) in [6, 6.07) is 13.3. The summed E-state index contributed by atoms with van der Waals surface area (Å²) in [6.45, 7) is 1.94. The third-order valence-corrected chi connectivity index (χ3v) is 4.54. The number of nitrogens with zero attached hydrogens (tertiary/aromatic N) is 2. The number of aliphatic hydroxyl groups is 1. The molecular formula is C18H16Cl2N2O2. The molecule has 1 aliphatic rings. The molecule has 1 aliphatic heterocycles. The lowest BCUT2D eigenvalue weighted by atomic mass is 9.96. The Morgan fingerprint density at radius 2 is 1.67 bits per heavy atom. The summed E-state index contributed by atoms with van der Waals surface area (Å²) in [6.07, 6.45) is 0.921. The number of benzene rings is 2. The van der Waals surface area contributed by atoms with E-state index in [2.05, 4.69) is 5.10 Å². The average Bonchev–Trinajstić information content (AvgIpc) is 2.93. The fourth-order valence-electron chi connectivity index (χ4n) is 2.68. The topological polar surface area (TPSA) is 52.9 Å². The van der Waals surface area contributed by atoms with Crippen LogP contribution in [-0.2, 0) is 5.72 Å². The van der Waals surface area contributed by atoms with E-state index in [4.69, 9.17) is 23.2 Å². The van der Waals surface area contributed by atoms with Crippen LogP contribution in [0.4, 0.5) is 0 Å². The van der Waals surface area contributed by atoms with Crippen LogP contribution in [0.5, 0.6) is 0 Å². The molecular weight excluding hydrogens is 347 g/mol. The van der Waals surface area contributed by atoms with Gasteiger partial charge in [0.05, 0.1) is 0 Å². The van der Waals surface area contributed by atoms with Gasteiger partial charge in [-0.3, -0.25) is 4.79 Å². The quantitative estimate of drug-likeness (QED) is 0.876. The highest BCUT2D eigenvalue weighted by Crippen LogP contribution is 2.37. The number of carbonyl (C=O) groups excluding carboxylic acids is 1. The highest BCUT2D eigenvalue weighted by molar-refractivity contribution is 6.30. The molecule has 0 saturated carbocycles. The Morgan fingerprint density at radius 3 is 2.21 bits per heavy atom. The standard InChI is InChI=1S/C18H16Cl2N2O2/c1-2-16-11-18(24,13-5-9-15(20)10-6-13)22(21-16)17(23)12-3-7-14(19)8-4-12/h3-10,24H,2,11H2,1H3/t18-/m0/s1. The molecule has 1 heterocycles. The molecule has 2 aromatic carbocycles. The van der Waals surface area contributed by atoms with E-state index in [9.17, 15) is 9.90 Å². The van der Waals surface area contributed by atoms with Crippen LogP contribution in [0.15, 0.2) is 53.6 Å². The Labute approximate surface area is 150 Å². The fourth-order valence-corrected chi connectivity index (χ4v) is 2.94. The summed E-state index contributed by atoms with van der Waals surface area (Å²) in [5, 5.41) is 17.8. The molecule has 0 aliphatic carbocycles. The Morgan fingerprint density at radius 1 is 1.12 bits per heavy atom. The van der Waals surface area contributed by atoms with Gasteiger partial charge in [-0.2, -0.15) is 10.1 Å². The maximum absolute atomic E-state index is 12.9. The molecule has 0 saturated heterocycles. The summed E-state index contributed by atoms with van der Waals surface area (Å²) in [5.41, 5.74) is 0.219. The number of carbonyl (C=O) groups is 1.